The fourth-order valence-electron chi connectivity index (χ4n) is 3.07. The van der Waals surface area contributed by atoms with Crippen molar-refractivity contribution < 1.29 is 13.2 Å². The molecule has 0 saturated carbocycles. The van der Waals surface area contributed by atoms with Crippen LogP contribution in [0.15, 0.2) is 47.4 Å². The van der Waals surface area contributed by atoms with Crippen molar-refractivity contribution in [1.29, 1.82) is 0 Å². The van der Waals surface area contributed by atoms with E-state index in [9.17, 15) is 8.42 Å². The van der Waals surface area contributed by atoms with Crippen LogP contribution in [0, 0.1) is 0 Å². The van der Waals surface area contributed by atoms with Crippen LogP contribution < -0.4 is 10.1 Å². The van der Waals surface area contributed by atoms with Crippen LogP contribution in [-0.2, 0) is 15.5 Å². The predicted octanol–water partition coefficient (Wildman–Crippen LogP) is 2.90. The van der Waals surface area contributed by atoms with Crippen LogP contribution in [0.2, 0.25) is 0 Å². The molecule has 2 aromatic carbocycles. The predicted molar refractivity (Wildman–Crippen MR) is 90.9 cm³/mol. The molecule has 0 fully saturated rings. The van der Waals surface area contributed by atoms with Crippen molar-refractivity contribution in [3.05, 3.63) is 59.2 Å². The highest BCUT2D eigenvalue weighted by molar-refractivity contribution is 8.13. The maximum Gasteiger partial charge on any atom is 0.264 e. The number of fused-ring (bicyclic) bond motifs is 1. The topological polar surface area (TPSA) is 55.4 Å². The number of ether oxygens (including phenoxy) is 1. The third kappa shape index (κ3) is 3.37. The summed E-state index contributed by atoms with van der Waals surface area (Å²) in [5.74, 6) is 0.441. The van der Waals surface area contributed by atoms with Crippen molar-refractivity contribution in [2.45, 2.75) is 17.2 Å². The molecule has 1 heterocycles. The van der Waals surface area contributed by atoms with Crippen LogP contribution in [0.4, 0.5) is 0 Å². The Balaban J connectivity index is 2.18. The molecule has 0 amide bonds. The van der Waals surface area contributed by atoms with E-state index in [4.69, 9.17) is 15.4 Å². The van der Waals surface area contributed by atoms with Gasteiger partial charge in [-0.25, -0.2) is 8.42 Å². The first-order valence-corrected chi connectivity index (χ1v) is 9.73. The summed E-state index contributed by atoms with van der Waals surface area (Å²) in [6, 6.07) is 13.6. The molecule has 0 saturated heterocycles. The first kappa shape index (κ1) is 16.3. The first-order chi connectivity index (χ1) is 11.0. The minimum Gasteiger partial charge on any atom is -0.495 e. The van der Waals surface area contributed by atoms with Gasteiger partial charge in [0.05, 0.1) is 7.11 Å². The number of rotatable bonds is 3. The zero-order valence-corrected chi connectivity index (χ0v) is 14.3. The van der Waals surface area contributed by atoms with Crippen LogP contribution in [0.1, 0.15) is 22.6 Å². The molecule has 122 valence electrons. The molecule has 0 aliphatic carbocycles. The monoisotopic (exact) mass is 351 g/mol. The molecule has 1 aliphatic rings. The van der Waals surface area contributed by atoms with Crippen LogP contribution in [0.5, 0.6) is 5.75 Å². The highest BCUT2D eigenvalue weighted by Crippen LogP contribution is 2.36. The Morgan fingerprint density at radius 2 is 1.96 bits per heavy atom. The number of halogens is 1. The summed E-state index contributed by atoms with van der Waals surface area (Å²) in [6.07, 6.45) is 0.752. The molecular formula is C17H18ClNO3S. The van der Waals surface area contributed by atoms with Gasteiger partial charge in [-0.15, -0.1) is 0 Å². The summed E-state index contributed by atoms with van der Waals surface area (Å²) in [4.78, 5) is 0.0362. The summed E-state index contributed by atoms with van der Waals surface area (Å²) in [5.41, 5.74) is 3.26. The van der Waals surface area contributed by atoms with Crippen molar-refractivity contribution in [2.75, 3.05) is 20.2 Å². The van der Waals surface area contributed by atoms with Gasteiger partial charge >= 0.3 is 0 Å². The maximum absolute atomic E-state index is 11.8. The standard InChI is InChI=1S/C17H18ClNO3S/c1-22-16-10-14-13(9-17(16)23(18,20)21)7-8-19-11-15(14)12-5-3-2-4-6-12/h2-6,9-10,15,19H,7-8,11H2,1H3. The minimum absolute atomic E-state index is 0.0362. The van der Waals surface area contributed by atoms with Crippen LogP contribution in [0.3, 0.4) is 0 Å². The molecule has 0 bridgehead atoms. The lowest BCUT2D eigenvalue weighted by Crippen LogP contribution is -2.20. The van der Waals surface area contributed by atoms with Crippen LogP contribution >= 0.6 is 10.7 Å². The van der Waals surface area contributed by atoms with Crippen LogP contribution in [0.25, 0.3) is 0 Å². The molecule has 23 heavy (non-hydrogen) atoms. The van der Waals surface area contributed by atoms with Gasteiger partial charge < -0.3 is 10.1 Å². The molecule has 6 heteroatoms. The van der Waals surface area contributed by atoms with Crippen molar-refractivity contribution in [1.82, 2.24) is 5.32 Å². The van der Waals surface area contributed by atoms with Gasteiger partial charge in [0, 0.05) is 23.1 Å². The zero-order chi connectivity index (χ0) is 16.4. The Kier molecular flexibility index (Phi) is 4.62. The third-order valence-electron chi connectivity index (χ3n) is 4.19. The van der Waals surface area contributed by atoms with Crippen molar-refractivity contribution in [2.24, 2.45) is 0 Å². The van der Waals surface area contributed by atoms with Crippen LogP contribution in [-0.4, -0.2) is 28.6 Å². The number of methoxy groups -OCH3 is 1. The van der Waals surface area contributed by atoms with E-state index in [1.807, 2.05) is 24.3 Å². The molecule has 1 atom stereocenters. The lowest BCUT2D eigenvalue weighted by molar-refractivity contribution is 0.402. The van der Waals surface area contributed by atoms with E-state index in [-0.39, 0.29) is 10.8 Å². The number of hydrogen-bond donors (Lipinski definition) is 1. The van der Waals surface area contributed by atoms with Gasteiger partial charge in [0.25, 0.3) is 9.05 Å². The second-order valence-electron chi connectivity index (χ2n) is 5.56. The highest BCUT2D eigenvalue weighted by atomic mass is 35.7. The summed E-state index contributed by atoms with van der Waals surface area (Å²) < 4.78 is 28.9. The molecule has 1 unspecified atom stereocenters. The third-order valence-corrected chi connectivity index (χ3v) is 5.53. The van der Waals surface area contributed by atoms with Gasteiger partial charge in [-0.05, 0) is 41.8 Å². The van der Waals surface area contributed by atoms with Gasteiger partial charge in [-0.3, -0.25) is 0 Å². The van der Waals surface area contributed by atoms with Gasteiger partial charge in [0.1, 0.15) is 10.6 Å². The molecule has 0 spiro atoms. The summed E-state index contributed by atoms with van der Waals surface area (Å²) in [7, 11) is 3.17. The van der Waals surface area contributed by atoms with Crippen molar-refractivity contribution in [3.8, 4) is 5.75 Å². The molecule has 0 aromatic heterocycles. The summed E-state index contributed by atoms with van der Waals surface area (Å²) in [5, 5.41) is 3.42. The highest BCUT2D eigenvalue weighted by Gasteiger charge is 2.25. The van der Waals surface area contributed by atoms with Crippen molar-refractivity contribution in [3.63, 3.8) is 0 Å². The number of benzene rings is 2. The number of hydrogen-bond acceptors (Lipinski definition) is 4. The maximum atomic E-state index is 11.8. The normalized spacial score (nSPS) is 18.1. The average Bonchev–Trinajstić information content (AvgIpc) is 2.75. The van der Waals surface area contributed by atoms with E-state index in [1.54, 1.807) is 6.07 Å². The number of nitrogens with one attached hydrogen (secondary N) is 1. The smallest absolute Gasteiger partial charge is 0.264 e. The molecular weight excluding hydrogens is 334 g/mol. The van der Waals surface area contributed by atoms with Gasteiger partial charge in [-0.1, -0.05) is 30.3 Å². The van der Waals surface area contributed by atoms with Gasteiger partial charge in [0.2, 0.25) is 0 Å². The Labute approximate surface area is 140 Å². The lowest BCUT2D eigenvalue weighted by atomic mass is 9.88. The molecule has 1 aliphatic heterocycles. The SMILES string of the molecule is COc1cc2c(cc1S(=O)(=O)Cl)CCNCC2c1ccccc1. The Morgan fingerprint density at radius 3 is 2.61 bits per heavy atom. The molecule has 0 radical (unpaired) electrons. The fourth-order valence-corrected chi connectivity index (χ4v) is 4.10. The zero-order valence-electron chi connectivity index (χ0n) is 12.8. The van der Waals surface area contributed by atoms with E-state index in [0.29, 0.717) is 5.75 Å². The van der Waals surface area contributed by atoms with E-state index < -0.39 is 9.05 Å². The van der Waals surface area contributed by atoms with E-state index in [1.165, 1.54) is 12.7 Å². The first-order valence-electron chi connectivity index (χ1n) is 7.42. The van der Waals surface area contributed by atoms with Crippen molar-refractivity contribution >= 4 is 19.7 Å². The molecule has 2 aromatic rings. The van der Waals surface area contributed by atoms with E-state index >= 15 is 0 Å². The summed E-state index contributed by atoms with van der Waals surface area (Å²) in [6.45, 7) is 1.59. The Morgan fingerprint density at radius 1 is 1.22 bits per heavy atom. The van der Waals surface area contributed by atoms with Gasteiger partial charge in [-0.2, -0.15) is 0 Å². The molecule has 3 rings (SSSR count). The Hall–Kier alpha value is -1.56. The second kappa shape index (κ2) is 6.51. The molecule has 1 N–H and O–H groups in total. The van der Waals surface area contributed by atoms with E-state index in [2.05, 4.69) is 17.4 Å². The van der Waals surface area contributed by atoms with E-state index in [0.717, 1.165) is 30.6 Å². The quantitative estimate of drug-likeness (QED) is 0.864. The largest absolute Gasteiger partial charge is 0.495 e. The minimum atomic E-state index is -3.85. The summed E-state index contributed by atoms with van der Waals surface area (Å²) >= 11 is 0. The van der Waals surface area contributed by atoms with Gasteiger partial charge in [0.15, 0.2) is 0 Å². The average molecular weight is 352 g/mol. The second-order valence-corrected chi connectivity index (χ2v) is 8.09. The Bertz CT molecular complexity index is 806. The molecule has 4 nitrogen and oxygen atoms in total. The fraction of sp³-hybridized carbons (Fsp3) is 0.294. The lowest BCUT2D eigenvalue weighted by Gasteiger charge is -2.20.